The lowest BCUT2D eigenvalue weighted by Gasteiger charge is -2.15. The number of pyridine rings is 1. The Hall–Kier alpha value is -8.48. The number of furan rings is 1. The fourth-order valence-electron chi connectivity index (χ4n) is 9.35. The van der Waals surface area contributed by atoms with Crippen LogP contribution < -0.4 is 0 Å². The van der Waals surface area contributed by atoms with Crippen LogP contribution in [0.2, 0.25) is 0 Å². The molecule has 13 aromatic rings. The zero-order chi connectivity index (χ0) is 40.7. The van der Waals surface area contributed by atoms with Crippen molar-refractivity contribution in [2.75, 3.05) is 0 Å². The average molecular weight is 792 g/mol. The van der Waals surface area contributed by atoms with Crippen LogP contribution in [0.5, 0.6) is 0 Å². The summed E-state index contributed by atoms with van der Waals surface area (Å²) >= 11 is 0. The van der Waals surface area contributed by atoms with Gasteiger partial charge in [-0.15, -0.1) is 0 Å². The van der Waals surface area contributed by atoms with Gasteiger partial charge in [-0.25, -0.2) is 15.0 Å². The van der Waals surface area contributed by atoms with Crippen LogP contribution in [0.25, 0.3) is 127 Å². The summed E-state index contributed by atoms with van der Waals surface area (Å²) in [4.78, 5) is 20.3. The first-order chi connectivity index (χ1) is 30.7. The average Bonchev–Trinajstić information content (AvgIpc) is 3.89. The van der Waals surface area contributed by atoms with Crippen molar-refractivity contribution < 1.29 is 4.42 Å². The molecule has 0 saturated heterocycles. The lowest BCUT2D eigenvalue weighted by atomic mass is 10.0. The summed E-state index contributed by atoms with van der Waals surface area (Å²) in [6, 6.07) is 68.4. The minimum absolute atomic E-state index is 0.560. The summed E-state index contributed by atoms with van der Waals surface area (Å²) in [5.41, 5.74) is 10.7. The summed E-state index contributed by atoms with van der Waals surface area (Å²) in [6.45, 7) is 0. The number of hydrogen-bond donors (Lipinski definition) is 0. The van der Waals surface area contributed by atoms with Crippen molar-refractivity contribution in [2.45, 2.75) is 0 Å². The van der Waals surface area contributed by atoms with Crippen molar-refractivity contribution in [1.29, 1.82) is 0 Å². The second-order valence-electron chi connectivity index (χ2n) is 15.8. The Morgan fingerprint density at radius 2 is 1.05 bits per heavy atom. The van der Waals surface area contributed by atoms with Gasteiger partial charge < -0.3 is 8.98 Å². The first-order valence-corrected chi connectivity index (χ1v) is 20.8. The van der Waals surface area contributed by atoms with E-state index in [4.69, 9.17) is 19.4 Å². The highest BCUT2D eigenvalue weighted by Gasteiger charge is 2.21. The molecule has 0 saturated carbocycles. The van der Waals surface area contributed by atoms with E-state index in [1.54, 1.807) is 6.20 Å². The van der Waals surface area contributed by atoms with E-state index in [2.05, 4.69) is 173 Å². The van der Waals surface area contributed by atoms with Gasteiger partial charge in [-0.3, -0.25) is 4.98 Å². The van der Waals surface area contributed by atoms with Crippen LogP contribution in [-0.4, -0.2) is 24.5 Å². The van der Waals surface area contributed by atoms with E-state index in [1.807, 2.05) is 30.3 Å². The van der Waals surface area contributed by atoms with Crippen molar-refractivity contribution in [3.8, 4) is 51.0 Å². The Balaban J connectivity index is 1.05. The van der Waals surface area contributed by atoms with Crippen LogP contribution in [0, 0.1) is 0 Å². The summed E-state index contributed by atoms with van der Waals surface area (Å²) in [5, 5.41) is 10.3. The molecule has 62 heavy (non-hydrogen) atoms. The molecule has 4 heterocycles. The number of rotatable bonds is 5. The number of benzene rings is 9. The Bertz CT molecular complexity index is 3940. The van der Waals surface area contributed by atoms with Gasteiger partial charge in [-0.2, -0.15) is 0 Å². The first kappa shape index (κ1) is 34.4. The lowest BCUT2D eigenvalue weighted by molar-refractivity contribution is 0.668. The Labute approximate surface area is 355 Å². The molecule has 0 fully saturated rings. The fourth-order valence-corrected chi connectivity index (χ4v) is 9.35. The molecule has 13 rings (SSSR count). The van der Waals surface area contributed by atoms with E-state index in [0.29, 0.717) is 17.5 Å². The largest absolute Gasteiger partial charge is 0.454 e. The maximum absolute atomic E-state index is 6.28. The van der Waals surface area contributed by atoms with Gasteiger partial charge in [0.25, 0.3) is 0 Å². The minimum Gasteiger partial charge on any atom is -0.454 e. The predicted molar refractivity (Wildman–Crippen MR) is 254 cm³/mol. The van der Waals surface area contributed by atoms with E-state index < -0.39 is 0 Å². The number of hydrogen-bond acceptors (Lipinski definition) is 5. The topological polar surface area (TPSA) is 69.6 Å². The number of aromatic nitrogens is 5. The Morgan fingerprint density at radius 1 is 0.371 bits per heavy atom. The van der Waals surface area contributed by atoms with Crippen LogP contribution in [-0.2, 0) is 0 Å². The standard InChI is InChI=1S/C56H33N5O/c1-2-11-34(12-3-1)38-22-25-45-49(32-38)61(48-28-24-36-14-6-7-16-41(36)52(45)48)47-29-27-44(42-17-8-9-18-43(42)47)56-59-54(39-21-20-35-13-4-5-15-37(35)31-39)58-55(60-56)40-23-26-46-51(33-40)62-50-19-10-30-57-53(46)50/h1-33H. The van der Waals surface area contributed by atoms with Gasteiger partial charge >= 0.3 is 0 Å². The summed E-state index contributed by atoms with van der Waals surface area (Å²) in [7, 11) is 0. The predicted octanol–water partition coefficient (Wildman–Crippen LogP) is 14.4. The molecule has 4 aromatic heterocycles. The van der Waals surface area contributed by atoms with Crippen LogP contribution in [0.3, 0.4) is 0 Å². The quantitative estimate of drug-likeness (QED) is 0.174. The van der Waals surface area contributed by atoms with E-state index >= 15 is 0 Å². The second kappa shape index (κ2) is 13.5. The van der Waals surface area contributed by atoms with Gasteiger partial charge in [-0.05, 0) is 92.7 Å². The van der Waals surface area contributed by atoms with E-state index in [1.165, 1.54) is 32.7 Å². The van der Waals surface area contributed by atoms with E-state index in [9.17, 15) is 0 Å². The third kappa shape index (κ3) is 5.37. The SMILES string of the molecule is c1ccc(-c2ccc3c4c5ccccc5ccc4n(-c4ccc(-c5nc(-c6ccc7ccccc7c6)nc(-c6ccc7c(c6)oc6cccnc67)n5)c5ccccc45)c3c2)cc1. The lowest BCUT2D eigenvalue weighted by Crippen LogP contribution is -2.02. The van der Waals surface area contributed by atoms with Gasteiger partial charge in [0.1, 0.15) is 11.1 Å². The molecule has 0 unspecified atom stereocenters. The molecule has 0 aliphatic heterocycles. The monoisotopic (exact) mass is 791 g/mol. The molecule has 0 aliphatic rings. The van der Waals surface area contributed by atoms with Crippen molar-refractivity contribution >= 4 is 76.2 Å². The maximum Gasteiger partial charge on any atom is 0.164 e. The van der Waals surface area contributed by atoms with Gasteiger partial charge in [0.15, 0.2) is 23.1 Å². The summed E-state index contributed by atoms with van der Waals surface area (Å²) < 4.78 is 8.72. The highest BCUT2D eigenvalue weighted by atomic mass is 16.3. The highest BCUT2D eigenvalue weighted by Crippen LogP contribution is 2.42. The van der Waals surface area contributed by atoms with Crippen molar-refractivity contribution in [1.82, 2.24) is 24.5 Å². The van der Waals surface area contributed by atoms with Crippen LogP contribution >= 0.6 is 0 Å². The minimum atomic E-state index is 0.560. The number of fused-ring (bicyclic) bond motifs is 10. The fraction of sp³-hybridized carbons (Fsp3) is 0. The third-order valence-corrected chi connectivity index (χ3v) is 12.3. The van der Waals surface area contributed by atoms with Crippen LogP contribution in [0.15, 0.2) is 205 Å². The molecule has 9 aromatic carbocycles. The molecular formula is C56H33N5O. The normalized spacial score (nSPS) is 11.9. The second-order valence-corrected chi connectivity index (χ2v) is 15.8. The molecule has 0 radical (unpaired) electrons. The molecule has 6 nitrogen and oxygen atoms in total. The molecule has 288 valence electrons. The van der Waals surface area contributed by atoms with E-state index in [0.717, 1.165) is 77.0 Å². The Kier molecular flexibility index (Phi) is 7.50. The van der Waals surface area contributed by atoms with Crippen molar-refractivity contribution in [3.05, 3.63) is 200 Å². The highest BCUT2D eigenvalue weighted by molar-refractivity contribution is 6.22. The smallest absolute Gasteiger partial charge is 0.164 e. The molecule has 6 heteroatoms. The third-order valence-electron chi connectivity index (χ3n) is 12.3. The van der Waals surface area contributed by atoms with Crippen molar-refractivity contribution in [3.63, 3.8) is 0 Å². The molecule has 0 atom stereocenters. The molecule has 0 N–H and O–H groups in total. The van der Waals surface area contributed by atoms with E-state index in [-0.39, 0.29) is 0 Å². The molecule has 0 amide bonds. The molecule has 0 spiro atoms. The van der Waals surface area contributed by atoms with Gasteiger partial charge in [0.2, 0.25) is 0 Å². The zero-order valence-electron chi connectivity index (χ0n) is 33.2. The summed E-state index contributed by atoms with van der Waals surface area (Å²) in [6.07, 6.45) is 1.79. The van der Waals surface area contributed by atoms with Crippen LogP contribution in [0.4, 0.5) is 0 Å². The maximum atomic E-state index is 6.28. The van der Waals surface area contributed by atoms with Crippen molar-refractivity contribution in [2.24, 2.45) is 0 Å². The van der Waals surface area contributed by atoms with Gasteiger partial charge in [-0.1, -0.05) is 140 Å². The molecular weight excluding hydrogens is 759 g/mol. The van der Waals surface area contributed by atoms with Gasteiger partial charge in [0.05, 0.1) is 16.7 Å². The number of nitrogens with zero attached hydrogens (tertiary/aromatic N) is 5. The molecule has 0 bridgehead atoms. The molecule has 0 aliphatic carbocycles. The van der Waals surface area contributed by atoms with Crippen LogP contribution in [0.1, 0.15) is 0 Å². The zero-order valence-corrected chi connectivity index (χ0v) is 33.2. The first-order valence-electron chi connectivity index (χ1n) is 20.8. The summed E-state index contributed by atoms with van der Waals surface area (Å²) in [5.74, 6) is 1.74. The van der Waals surface area contributed by atoms with Gasteiger partial charge in [0, 0.05) is 44.4 Å². The Morgan fingerprint density at radius 3 is 1.92 bits per heavy atom.